The van der Waals surface area contributed by atoms with Crippen molar-refractivity contribution in [3.63, 3.8) is 0 Å². The van der Waals surface area contributed by atoms with Crippen LogP contribution >= 0.6 is 0 Å². The summed E-state index contributed by atoms with van der Waals surface area (Å²) >= 11 is 0. The minimum atomic E-state index is -0.907. The summed E-state index contributed by atoms with van der Waals surface area (Å²) in [6.07, 6.45) is 4.07. The monoisotopic (exact) mass is 278 g/mol. The molecule has 6 nitrogen and oxygen atoms in total. The van der Waals surface area contributed by atoms with Crippen molar-refractivity contribution in [2.24, 2.45) is 0 Å². The van der Waals surface area contributed by atoms with Crippen molar-refractivity contribution in [3.8, 4) is 0 Å². The van der Waals surface area contributed by atoms with Gasteiger partial charge in [0.2, 0.25) is 0 Å². The molecule has 0 spiro atoms. The van der Waals surface area contributed by atoms with Gasteiger partial charge in [-0.15, -0.1) is 0 Å². The fraction of sp³-hybridized carbons (Fsp3) is 0.571. The molecule has 2 fully saturated rings. The van der Waals surface area contributed by atoms with Crippen LogP contribution in [0.1, 0.15) is 35.8 Å². The van der Waals surface area contributed by atoms with Crippen LogP contribution < -0.4 is 0 Å². The molecule has 0 radical (unpaired) electrons. The Morgan fingerprint density at radius 2 is 2.20 bits per heavy atom. The number of rotatable bonds is 4. The minimum Gasteiger partial charge on any atom is -0.481 e. The summed E-state index contributed by atoms with van der Waals surface area (Å²) in [5, 5.41) is 8.95. The highest BCUT2D eigenvalue weighted by molar-refractivity contribution is 5.93. The Morgan fingerprint density at radius 3 is 2.90 bits per heavy atom. The zero-order valence-corrected chi connectivity index (χ0v) is 11.2. The summed E-state index contributed by atoms with van der Waals surface area (Å²) in [5.74, 6) is -0.993. The van der Waals surface area contributed by atoms with Crippen LogP contribution in [0, 0.1) is 0 Å². The number of morpholine rings is 1. The van der Waals surface area contributed by atoms with Gasteiger partial charge in [-0.05, 0) is 25.0 Å². The average molecular weight is 278 g/mol. The average Bonchev–Trinajstić information content (AvgIpc) is 3.15. The molecule has 1 N–H and O–H groups in total. The molecule has 0 aromatic carbocycles. The molecule has 1 unspecified atom stereocenters. The van der Waals surface area contributed by atoms with E-state index in [-0.39, 0.29) is 18.4 Å². The smallest absolute Gasteiger partial charge is 0.305 e. The van der Waals surface area contributed by atoms with Gasteiger partial charge in [-0.25, -0.2) is 0 Å². The number of aliphatic carboxylic acids is 1. The number of nitrogens with zero attached hydrogens (tertiary/aromatic N) is 2. The third-order valence-electron chi connectivity index (χ3n) is 3.84. The highest BCUT2D eigenvalue weighted by Gasteiger charge is 2.33. The highest BCUT2D eigenvalue weighted by atomic mass is 16.5. The van der Waals surface area contributed by atoms with E-state index in [9.17, 15) is 9.59 Å². The molecule has 1 aromatic rings. The van der Waals surface area contributed by atoms with E-state index in [0.29, 0.717) is 31.5 Å². The molecule has 20 heavy (non-hydrogen) atoms. The second kappa shape index (κ2) is 5.28. The number of amides is 1. The van der Waals surface area contributed by atoms with Gasteiger partial charge in [0.1, 0.15) is 5.69 Å². The number of aromatic nitrogens is 1. The summed E-state index contributed by atoms with van der Waals surface area (Å²) in [4.78, 5) is 25.2. The lowest BCUT2D eigenvalue weighted by atomic mass is 10.1. The van der Waals surface area contributed by atoms with E-state index in [1.807, 2.05) is 22.9 Å². The number of hydrogen-bond donors (Lipinski definition) is 1. The Morgan fingerprint density at radius 1 is 1.40 bits per heavy atom. The first-order valence-electron chi connectivity index (χ1n) is 6.94. The van der Waals surface area contributed by atoms with Gasteiger partial charge in [0, 0.05) is 18.8 Å². The lowest BCUT2D eigenvalue weighted by molar-refractivity contribution is -0.139. The van der Waals surface area contributed by atoms with E-state index in [1.54, 1.807) is 4.90 Å². The highest BCUT2D eigenvalue weighted by Crippen LogP contribution is 2.36. The van der Waals surface area contributed by atoms with E-state index in [4.69, 9.17) is 9.84 Å². The molecule has 6 heteroatoms. The quantitative estimate of drug-likeness (QED) is 0.896. The van der Waals surface area contributed by atoms with Crippen molar-refractivity contribution in [1.82, 2.24) is 9.47 Å². The van der Waals surface area contributed by atoms with E-state index >= 15 is 0 Å². The number of carboxylic acids is 1. The van der Waals surface area contributed by atoms with E-state index < -0.39 is 5.97 Å². The predicted octanol–water partition coefficient (Wildman–Crippen LogP) is 1.14. The third kappa shape index (κ3) is 2.56. The van der Waals surface area contributed by atoms with Crippen LogP contribution in [0.5, 0.6) is 0 Å². The molecule has 2 heterocycles. The zero-order valence-electron chi connectivity index (χ0n) is 11.2. The number of ether oxygens (including phenoxy) is 1. The standard InChI is InChI=1S/C14H18N2O4/c17-13(18)8-11-9-20-7-6-16(11)14(19)12-2-1-5-15(12)10-3-4-10/h1-2,5,10-11H,3-4,6-9H2,(H,17,18). The SMILES string of the molecule is O=C(O)CC1COCCN1C(=O)c1cccn1C1CC1. The maximum atomic E-state index is 12.7. The number of hydrogen-bond acceptors (Lipinski definition) is 3. The normalized spacial score (nSPS) is 22.8. The molecule has 2 aliphatic rings. The summed E-state index contributed by atoms with van der Waals surface area (Å²) in [6, 6.07) is 3.74. The van der Waals surface area contributed by atoms with Crippen LogP contribution in [-0.4, -0.2) is 52.3 Å². The van der Waals surface area contributed by atoms with Gasteiger partial charge in [0.15, 0.2) is 0 Å². The molecule has 1 aliphatic heterocycles. The molecular weight excluding hydrogens is 260 g/mol. The minimum absolute atomic E-state index is 0.0735. The molecular formula is C14H18N2O4. The van der Waals surface area contributed by atoms with Gasteiger partial charge < -0.3 is 19.3 Å². The topological polar surface area (TPSA) is 71.8 Å². The van der Waals surface area contributed by atoms with Crippen LogP contribution in [0.3, 0.4) is 0 Å². The van der Waals surface area contributed by atoms with Crippen molar-refractivity contribution in [3.05, 3.63) is 24.0 Å². The Labute approximate surface area is 116 Å². The van der Waals surface area contributed by atoms with Crippen LogP contribution in [-0.2, 0) is 9.53 Å². The third-order valence-corrected chi connectivity index (χ3v) is 3.84. The van der Waals surface area contributed by atoms with Gasteiger partial charge in [-0.2, -0.15) is 0 Å². The Bertz CT molecular complexity index is 521. The van der Waals surface area contributed by atoms with Gasteiger partial charge in [-0.3, -0.25) is 9.59 Å². The summed E-state index contributed by atoms with van der Waals surface area (Å²) in [7, 11) is 0. The first-order valence-corrected chi connectivity index (χ1v) is 6.94. The second-order valence-corrected chi connectivity index (χ2v) is 5.36. The maximum Gasteiger partial charge on any atom is 0.305 e. The molecule has 1 atom stereocenters. The van der Waals surface area contributed by atoms with E-state index in [1.165, 1.54) is 0 Å². The number of carboxylic acid groups (broad SMARTS) is 1. The Balaban J connectivity index is 1.79. The molecule has 1 aliphatic carbocycles. The van der Waals surface area contributed by atoms with Crippen molar-refractivity contribution in [1.29, 1.82) is 0 Å². The van der Waals surface area contributed by atoms with Crippen LogP contribution in [0.25, 0.3) is 0 Å². The Kier molecular flexibility index (Phi) is 3.48. The summed E-state index contributed by atoms with van der Waals surface area (Å²) < 4.78 is 7.32. The van der Waals surface area contributed by atoms with Gasteiger partial charge in [0.25, 0.3) is 5.91 Å². The molecule has 1 aromatic heterocycles. The second-order valence-electron chi connectivity index (χ2n) is 5.36. The molecule has 0 bridgehead atoms. The van der Waals surface area contributed by atoms with Gasteiger partial charge in [0.05, 0.1) is 25.7 Å². The molecule has 1 amide bonds. The van der Waals surface area contributed by atoms with Crippen LogP contribution in [0.4, 0.5) is 0 Å². The summed E-state index contributed by atoms with van der Waals surface area (Å²) in [5.41, 5.74) is 0.657. The van der Waals surface area contributed by atoms with Crippen molar-refractivity contribution in [2.45, 2.75) is 31.3 Å². The molecule has 3 rings (SSSR count). The van der Waals surface area contributed by atoms with Crippen LogP contribution in [0.2, 0.25) is 0 Å². The van der Waals surface area contributed by atoms with E-state index in [2.05, 4.69) is 0 Å². The van der Waals surface area contributed by atoms with Crippen molar-refractivity contribution < 1.29 is 19.4 Å². The molecule has 1 saturated carbocycles. The van der Waals surface area contributed by atoms with E-state index in [0.717, 1.165) is 12.8 Å². The maximum absolute atomic E-state index is 12.7. The first kappa shape index (κ1) is 13.2. The lowest BCUT2D eigenvalue weighted by Crippen LogP contribution is -2.50. The fourth-order valence-corrected chi connectivity index (χ4v) is 2.69. The Hall–Kier alpha value is -1.82. The van der Waals surface area contributed by atoms with Gasteiger partial charge in [-0.1, -0.05) is 0 Å². The lowest BCUT2D eigenvalue weighted by Gasteiger charge is -2.35. The van der Waals surface area contributed by atoms with Crippen LogP contribution in [0.15, 0.2) is 18.3 Å². The molecule has 1 saturated heterocycles. The predicted molar refractivity (Wildman–Crippen MR) is 70.6 cm³/mol. The first-order chi connectivity index (χ1) is 9.66. The summed E-state index contributed by atoms with van der Waals surface area (Å²) in [6.45, 7) is 1.21. The van der Waals surface area contributed by atoms with Gasteiger partial charge >= 0.3 is 5.97 Å². The molecule has 108 valence electrons. The zero-order chi connectivity index (χ0) is 14.1. The van der Waals surface area contributed by atoms with Crippen molar-refractivity contribution >= 4 is 11.9 Å². The largest absolute Gasteiger partial charge is 0.481 e. The van der Waals surface area contributed by atoms with Crippen molar-refractivity contribution in [2.75, 3.05) is 19.8 Å². The fourth-order valence-electron chi connectivity index (χ4n) is 2.69. The number of carbonyl (C=O) groups excluding carboxylic acids is 1. The number of carbonyl (C=O) groups is 2.